The summed E-state index contributed by atoms with van der Waals surface area (Å²) in [5.41, 5.74) is 8.37. The number of hydrogen-bond donors (Lipinski definition) is 3. The van der Waals surface area contributed by atoms with Gasteiger partial charge in [0.25, 0.3) is 0 Å². The van der Waals surface area contributed by atoms with Gasteiger partial charge in [-0.05, 0) is 50.5 Å². The number of carbonyl (C=O) groups is 1. The maximum absolute atomic E-state index is 13.5. The van der Waals surface area contributed by atoms with E-state index in [2.05, 4.69) is 29.9 Å². The zero-order valence-electron chi connectivity index (χ0n) is 20.4. The van der Waals surface area contributed by atoms with E-state index in [-0.39, 0.29) is 41.8 Å². The van der Waals surface area contributed by atoms with Crippen LogP contribution in [0.2, 0.25) is 0 Å². The molecule has 0 saturated carbocycles. The monoisotopic (exact) mass is 467 g/mol. The van der Waals surface area contributed by atoms with E-state index in [4.69, 9.17) is 9.47 Å². The molecular weight excluding hydrogens is 430 g/mol. The fourth-order valence-electron chi connectivity index (χ4n) is 5.02. The SMILES string of the molecule is CCCCOc1ccc(C2C3C(NNC3c3ccccc3O)C(=O)N2CCCOC(C)C)cc1. The zero-order chi connectivity index (χ0) is 24.1. The first-order chi connectivity index (χ1) is 16.5. The molecule has 2 aromatic carbocycles. The van der Waals surface area contributed by atoms with Crippen LogP contribution in [0, 0.1) is 5.92 Å². The van der Waals surface area contributed by atoms with E-state index < -0.39 is 0 Å². The summed E-state index contributed by atoms with van der Waals surface area (Å²) in [7, 11) is 0. The van der Waals surface area contributed by atoms with E-state index >= 15 is 0 Å². The zero-order valence-corrected chi connectivity index (χ0v) is 20.4. The number of para-hydroxylation sites is 1. The first kappa shape index (κ1) is 24.5. The van der Waals surface area contributed by atoms with Crippen molar-refractivity contribution >= 4 is 5.91 Å². The fraction of sp³-hybridized carbons (Fsp3) is 0.519. The summed E-state index contributed by atoms with van der Waals surface area (Å²) in [5, 5.41) is 10.5. The molecule has 3 N–H and O–H groups in total. The number of nitrogens with one attached hydrogen (secondary N) is 2. The van der Waals surface area contributed by atoms with Crippen LogP contribution in [0.1, 0.15) is 63.2 Å². The number of nitrogens with zero attached hydrogens (tertiary/aromatic N) is 1. The van der Waals surface area contributed by atoms with Crippen molar-refractivity contribution in [2.45, 2.75) is 64.3 Å². The lowest BCUT2D eigenvalue weighted by molar-refractivity contribution is -0.131. The molecule has 0 aliphatic carbocycles. The third-order valence-electron chi connectivity index (χ3n) is 6.67. The quantitative estimate of drug-likeness (QED) is 0.432. The van der Waals surface area contributed by atoms with Gasteiger partial charge in [-0.15, -0.1) is 0 Å². The molecule has 0 aromatic heterocycles. The van der Waals surface area contributed by atoms with Gasteiger partial charge in [-0.3, -0.25) is 4.79 Å². The molecule has 7 nitrogen and oxygen atoms in total. The molecule has 2 fully saturated rings. The summed E-state index contributed by atoms with van der Waals surface area (Å²) in [6.45, 7) is 8.12. The van der Waals surface area contributed by atoms with E-state index in [0.29, 0.717) is 19.8 Å². The van der Waals surface area contributed by atoms with Gasteiger partial charge in [0, 0.05) is 24.6 Å². The van der Waals surface area contributed by atoms with Crippen molar-refractivity contribution < 1.29 is 19.4 Å². The highest BCUT2D eigenvalue weighted by Crippen LogP contribution is 2.48. The molecule has 2 aliphatic rings. The number of rotatable bonds is 11. The Labute approximate surface area is 202 Å². The minimum atomic E-state index is -0.360. The number of hydrazine groups is 1. The molecule has 4 atom stereocenters. The molecule has 2 aliphatic heterocycles. The standard InChI is InChI=1S/C27H37N3O4/c1-4-5-16-34-20-13-11-19(12-14-20)26-23-24(21-9-6-7-10-22(21)31)28-29-25(23)27(32)30(26)15-8-17-33-18(2)3/h6-7,9-14,18,23-26,28-29,31H,4-5,8,15-17H2,1-3H3. The van der Waals surface area contributed by atoms with Crippen LogP contribution in [0.3, 0.4) is 0 Å². The van der Waals surface area contributed by atoms with E-state index in [0.717, 1.165) is 36.1 Å². The second-order valence-corrected chi connectivity index (χ2v) is 9.40. The number of benzene rings is 2. The summed E-state index contributed by atoms with van der Waals surface area (Å²) in [6.07, 6.45) is 3.05. The molecule has 4 unspecified atom stereocenters. The van der Waals surface area contributed by atoms with Crippen LogP contribution in [0.5, 0.6) is 11.5 Å². The third kappa shape index (κ3) is 5.22. The van der Waals surface area contributed by atoms with Gasteiger partial charge in [-0.25, -0.2) is 10.9 Å². The number of carbonyl (C=O) groups excluding carboxylic acids is 1. The topological polar surface area (TPSA) is 83.1 Å². The average Bonchev–Trinajstić information content (AvgIpc) is 3.37. The summed E-state index contributed by atoms with van der Waals surface area (Å²) >= 11 is 0. The van der Waals surface area contributed by atoms with Crippen LogP contribution in [0.4, 0.5) is 0 Å². The lowest BCUT2D eigenvalue weighted by Crippen LogP contribution is -2.41. The molecule has 0 spiro atoms. The highest BCUT2D eigenvalue weighted by Gasteiger charge is 2.55. The summed E-state index contributed by atoms with van der Waals surface area (Å²) < 4.78 is 11.6. The van der Waals surface area contributed by atoms with E-state index in [1.54, 1.807) is 6.07 Å². The lowest BCUT2D eigenvalue weighted by atomic mass is 9.83. The van der Waals surface area contributed by atoms with E-state index in [9.17, 15) is 9.90 Å². The van der Waals surface area contributed by atoms with Gasteiger partial charge >= 0.3 is 0 Å². The number of hydrogen-bond acceptors (Lipinski definition) is 6. The molecule has 2 aromatic rings. The Hall–Kier alpha value is -2.61. The molecule has 2 heterocycles. The van der Waals surface area contributed by atoms with E-state index in [1.807, 2.05) is 49.1 Å². The Balaban J connectivity index is 1.61. The van der Waals surface area contributed by atoms with Gasteiger partial charge < -0.3 is 19.5 Å². The van der Waals surface area contributed by atoms with E-state index in [1.165, 1.54) is 0 Å². The van der Waals surface area contributed by atoms with Crippen LogP contribution in [0.25, 0.3) is 0 Å². The highest BCUT2D eigenvalue weighted by molar-refractivity contribution is 5.86. The average molecular weight is 468 g/mol. The first-order valence-electron chi connectivity index (χ1n) is 12.4. The van der Waals surface area contributed by atoms with Crippen LogP contribution in [-0.4, -0.2) is 47.8 Å². The maximum Gasteiger partial charge on any atom is 0.242 e. The van der Waals surface area contributed by atoms with Gasteiger partial charge in [0.2, 0.25) is 5.91 Å². The summed E-state index contributed by atoms with van der Waals surface area (Å²) in [6, 6.07) is 14.8. The smallest absolute Gasteiger partial charge is 0.242 e. The Kier molecular flexibility index (Phi) is 8.08. The maximum atomic E-state index is 13.5. The Morgan fingerprint density at radius 3 is 2.44 bits per heavy atom. The third-order valence-corrected chi connectivity index (χ3v) is 6.67. The Bertz CT molecular complexity index is 949. The molecule has 0 radical (unpaired) electrons. The first-order valence-corrected chi connectivity index (χ1v) is 12.4. The van der Waals surface area contributed by atoms with Gasteiger partial charge in [-0.2, -0.15) is 0 Å². The molecule has 7 heteroatoms. The molecule has 4 rings (SSSR count). The van der Waals surface area contributed by atoms with Crippen molar-refractivity contribution in [3.05, 3.63) is 59.7 Å². The van der Waals surface area contributed by atoms with Crippen LogP contribution in [0.15, 0.2) is 48.5 Å². The second-order valence-electron chi connectivity index (χ2n) is 9.40. The second kappa shape index (κ2) is 11.2. The van der Waals surface area contributed by atoms with Crippen LogP contribution in [-0.2, 0) is 9.53 Å². The van der Waals surface area contributed by atoms with Gasteiger partial charge in [0.15, 0.2) is 0 Å². The normalized spacial score (nSPS) is 24.1. The van der Waals surface area contributed by atoms with Crippen molar-refractivity contribution in [1.82, 2.24) is 15.8 Å². The van der Waals surface area contributed by atoms with Crippen molar-refractivity contribution in [2.75, 3.05) is 19.8 Å². The van der Waals surface area contributed by atoms with Crippen molar-refractivity contribution in [3.8, 4) is 11.5 Å². The number of phenols is 1. The largest absolute Gasteiger partial charge is 0.508 e. The summed E-state index contributed by atoms with van der Waals surface area (Å²) in [4.78, 5) is 15.5. The molecule has 184 valence electrons. The predicted octanol–water partition coefficient (Wildman–Crippen LogP) is 4.10. The van der Waals surface area contributed by atoms with Gasteiger partial charge in [0.1, 0.15) is 17.5 Å². The number of amides is 1. The molecule has 34 heavy (non-hydrogen) atoms. The fourth-order valence-corrected chi connectivity index (χ4v) is 5.02. The Morgan fingerprint density at radius 2 is 1.74 bits per heavy atom. The number of fused-ring (bicyclic) bond motifs is 1. The van der Waals surface area contributed by atoms with Gasteiger partial charge in [-0.1, -0.05) is 43.7 Å². The van der Waals surface area contributed by atoms with Gasteiger partial charge in [0.05, 0.1) is 24.8 Å². The highest BCUT2D eigenvalue weighted by atomic mass is 16.5. The van der Waals surface area contributed by atoms with Crippen LogP contribution >= 0.6 is 0 Å². The molecule has 0 bridgehead atoms. The van der Waals surface area contributed by atoms with Crippen LogP contribution < -0.4 is 15.6 Å². The minimum Gasteiger partial charge on any atom is -0.508 e. The van der Waals surface area contributed by atoms with Crippen molar-refractivity contribution in [1.29, 1.82) is 0 Å². The molecule has 1 amide bonds. The number of likely N-dealkylation sites (tertiary alicyclic amines) is 1. The van der Waals surface area contributed by atoms with Crippen molar-refractivity contribution in [2.24, 2.45) is 5.92 Å². The summed E-state index contributed by atoms with van der Waals surface area (Å²) in [5.74, 6) is 1.08. The molecular formula is C27H37N3O4. The number of phenolic OH excluding ortho intramolecular Hbond substituents is 1. The number of aromatic hydroxyl groups is 1. The minimum absolute atomic E-state index is 0.0707. The Morgan fingerprint density at radius 1 is 1.00 bits per heavy atom. The number of ether oxygens (including phenoxy) is 2. The number of unbranched alkanes of at least 4 members (excludes halogenated alkanes) is 1. The molecule has 2 saturated heterocycles. The lowest BCUT2D eigenvalue weighted by Gasteiger charge is -2.31. The van der Waals surface area contributed by atoms with Crippen molar-refractivity contribution in [3.63, 3.8) is 0 Å². The predicted molar refractivity (Wildman–Crippen MR) is 131 cm³/mol.